The van der Waals surface area contributed by atoms with Crippen LogP contribution in [0.25, 0.3) is 0 Å². The molecule has 0 aromatic carbocycles. The highest BCUT2D eigenvalue weighted by molar-refractivity contribution is 6.01. The first-order chi connectivity index (χ1) is 41.1. The molecule has 14 amide bonds. The van der Waals surface area contributed by atoms with Gasteiger partial charge in [-0.15, -0.1) is 0 Å². The second kappa shape index (κ2) is 37.4. The van der Waals surface area contributed by atoms with E-state index in [1.807, 2.05) is 26.6 Å². The lowest BCUT2D eigenvalue weighted by Crippen LogP contribution is -2.62. The van der Waals surface area contributed by atoms with Crippen LogP contribution in [0.5, 0.6) is 0 Å². The Morgan fingerprint density at radius 1 is 0.455 bits per heavy atom. The number of rotatable bonds is 40. The number of nitrogens with zero attached hydrogens (tertiary/aromatic N) is 1. The first-order valence-corrected chi connectivity index (χ1v) is 27.1. The first-order valence-electron chi connectivity index (χ1n) is 27.1. The van der Waals surface area contributed by atoms with Gasteiger partial charge in [0.2, 0.25) is 82.7 Å². The second-order valence-corrected chi connectivity index (χ2v) is 20.5. The fourth-order valence-corrected chi connectivity index (χ4v) is 8.21. The van der Waals surface area contributed by atoms with Crippen molar-refractivity contribution in [1.29, 1.82) is 0 Å². The quantitative estimate of drug-likeness (QED) is 0.0271. The van der Waals surface area contributed by atoms with Gasteiger partial charge in [-0.1, -0.05) is 34.1 Å². The second-order valence-electron chi connectivity index (χ2n) is 20.5. The molecular weight excluding hydrogens is 1180 g/mol. The molecule has 13 atom stereocenters. The van der Waals surface area contributed by atoms with Crippen LogP contribution in [-0.2, 0) is 81.5 Å². The number of carbonyl (C=O) groups excluding carboxylic acids is 14. The Kier molecular flexibility index (Phi) is 32.6. The van der Waals surface area contributed by atoms with E-state index in [-0.39, 0.29) is 25.8 Å². The number of aliphatic hydroxyl groups is 4. The SMILES string of the molecule is CC[C@H](C)[C@H](NC(=O)[C@@H](N)CO)C(=O)N[C@@H](CO)C(=O)N[C@@H](CO)C(=O)N[C@@H](CC(N)=O)C(=O)N[C@@H](CC(N)=O)C(=O)N[C@@H](CO)C(=O)N[C@@H](CC(N)=O)C(=O)N1CCC[C@H]1C(=O)N[C@H](C(=O)N[C@@H](CCC(=O)O)C(=O)N[C@@H](CC(=O)O)C(=O)O)C(C)C. The highest BCUT2D eigenvalue weighted by Gasteiger charge is 2.42. The molecule has 0 spiro atoms. The number of amides is 14. The number of aliphatic carboxylic acids is 3. The normalized spacial score (nSPS) is 16.8. The number of hydrogen-bond donors (Lipinski definition) is 21. The molecule has 25 N–H and O–H groups in total. The third-order valence-electron chi connectivity index (χ3n) is 13.2. The summed E-state index contributed by atoms with van der Waals surface area (Å²) in [7, 11) is 0. The Labute approximate surface area is 500 Å². The van der Waals surface area contributed by atoms with E-state index < -0.39 is 250 Å². The Bertz CT molecular complexity index is 2590. The molecule has 0 aromatic heterocycles. The van der Waals surface area contributed by atoms with E-state index in [9.17, 15) is 112 Å². The lowest BCUT2D eigenvalue weighted by molar-refractivity contribution is -0.147. The minimum Gasteiger partial charge on any atom is -0.481 e. The molecule has 0 bridgehead atoms. The van der Waals surface area contributed by atoms with E-state index in [2.05, 4.69) is 26.6 Å². The summed E-state index contributed by atoms with van der Waals surface area (Å²) in [4.78, 5) is 220. The van der Waals surface area contributed by atoms with Gasteiger partial charge in [-0.2, -0.15) is 0 Å². The van der Waals surface area contributed by atoms with Gasteiger partial charge < -0.3 is 117 Å². The summed E-state index contributed by atoms with van der Waals surface area (Å²) >= 11 is 0. The van der Waals surface area contributed by atoms with Crippen LogP contribution in [0.3, 0.4) is 0 Å². The van der Waals surface area contributed by atoms with Gasteiger partial charge in [0.25, 0.3) is 0 Å². The van der Waals surface area contributed by atoms with Crippen molar-refractivity contribution in [3.05, 3.63) is 0 Å². The third-order valence-corrected chi connectivity index (χ3v) is 13.2. The molecule has 39 nitrogen and oxygen atoms in total. The largest absolute Gasteiger partial charge is 0.481 e. The molecule has 1 aliphatic rings. The summed E-state index contributed by atoms with van der Waals surface area (Å²) in [5, 5.41) is 88.4. The number of hydrogen-bond acceptors (Lipinski definition) is 22. The molecule has 0 radical (unpaired) electrons. The number of primary amides is 3. The van der Waals surface area contributed by atoms with Gasteiger partial charge in [-0.05, 0) is 31.1 Å². The summed E-state index contributed by atoms with van der Waals surface area (Å²) in [5.41, 5.74) is 21.5. The van der Waals surface area contributed by atoms with Crippen LogP contribution in [0.2, 0.25) is 0 Å². The highest BCUT2D eigenvalue weighted by Crippen LogP contribution is 2.21. The molecule has 1 rings (SSSR count). The van der Waals surface area contributed by atoms with Crippen molar-refractivity contribution in [3.63, 3.8) is 0 Å². The van der Waals surface area contributed by atoms with Crippen molar-refractivity contribution in [3.8, 4) is 0 Å². The molecule has 1 aliphatic heterocycles. The van der Waals surface area contributed by atoms with Crippen LogP contribution in [0, 0.1) is 11.8 Å². The fraction of sp³-hybridized carbons (Fsp3) is 0.653. The number of nitrogens with two attached hydrogens (primary N) is 4. The Morgan fingerprint density at radius 2 is 0.841 bits per heavy atom. The molecule has 1 saturated heterocycles. The lowest BCUT2D eigenvalue weighted by Gasteiger charge is -2.31. The van der Waals surface area contributed by atoms with Gasteiger partial charge in [-0.25, -0.2) is 4.79 Å². The van der Waals surface area contributed by atoms with E-state index in [0.29, 0.717) is 0 Å². The summed E-state index contributed by atoms with van der Waals surface area (Å²) in [6, 6.07) is -21.8. The van der Waals surface area contributed by atoms with Gasteiger partial charge >= 0.3 is 17.9 Å². The van der Waals surface area contributed by atoms with Crippen LogP contribution in [0.1, 0.15) is 85.5 Å². The molecule has 0 saturated carbocycles. The van der Waals surface area contributed by atoms with Crippen LogP contribution in [-0.4, -0.2) is 247 Å². The summed E-state index contributed by atoms with van der Waals surface area (Å²) < 4.78 is 0. The predicted molar refractivity (Wildman–Crippen MR) is 293 cm³/mol. The minimum absolute atomic E-state index is 0.1000. The van der Waals surface area contributed by atoms with E-state index in [1.165, 1.54) is 13.8 Å². The number of carboxylic acid groups (broad SMARTS) is 3. The van der Waals surface area contributed by atoms with Gasteiger partial charge in [0.05, 0.1) is 52.1 Å². The maximum absolute atomic E-state index is 14.1. The topological polar surface area (TPSA) is 659 Å². The molecular formula is C49H79N15O24. The standard InChI is InChI=1S/C49H79N15O24/c1-5-20(4)37(63-38(76)21(50)15-65)47(85)61-29(18-68)44(82)60-27(16-66)42(80)56-23(11-31(51)69)40(78)55-24(12-32(52)70)41(79)59-28(17-67)43(81)57-25(13-33(53)71)48(86)64-10-6-7-30(64)45(83)62-36(19(2)3)46(84)54-22(8-9-34(72)73)39(77)58-26(49(87)88)14-35(74)75/h19-30,36-37,65-68H,5-18,50H2,1-4H3,(H2,51,69)(H2,52,70)(H2,53,71)(H,54,84)(H,55,78)(H,56,80)(H,57,81)(H,58,77)(H,59,79)(H,60,82)(H,61,85)(H,62,83)(H,63,76)(H,72,73)(H,74,75)(H,87,88)/t20-,21-,22-,23-,24-,25-,26-,27-,28-,29-,30-,36-,37-/m0/s1. The van der Waals surface area contributed by atoms with Gasteiger partial charge in [0, 0.05) is 13.0 Å². The zero-order valence-electron chi connectivity index (χ0n) is 48.3. The number of carbonyl (C=O) groups is 17. The molecule has 0 aliphatic carbocycles. The van der Waals surface area contributed by atoms with Crippen molar-refractivity contribution >= 4 is 101 Å². The van der Waals surface area contributed by atoms with Crippen LogP contribution < -0.4 is 76.1 Å². The van der Waals surface area contributed by atoms with Crippen LogP contribution >= 0.6 is 0 Å². The Balaban J connectivity index is 3.36. The minimum atomic E-state index is -2.13. The van der Waals surface area contributed by atoms with Crippen molar-refractivity contribution in [1.82, 2.24) is 58.1 Å². The Hall–Kier alpha value is -9.21. The Morgan fingerprint density at radius 3 is 1.24 bits per heavy atom. The third kappa shape index (κ3) is 25.4. The summed E-state index contributed by atoms with van der Waals surface area (Å²) in [6.07, 6.45) is -5.36. The molecule has 1 heterocycles. The zero-order chi connectivity index (χ0) is 67.4. The zero-order valence-corrected chi connectivity index (χ0v) is 48.3. The van der Waals surface area contributed by atoms with E-state index >= 15 is 0 Å². The van der Waals surface area contributed by atoms with Crippen molar-refractivity contribution in [2.45, 2.75) is 158 Å². The van der Waals surface area contributed by atoms with Crippen molar-refractivity contribution in [2.75, 3.05) is 33.0 Å². The number of carboxylic acids is 3. The number of nitrogens with one attached hydrogen (secondary N) is 10. The monoisotopic (exact) mass is 1260 g/mol. The van der Waals surface area contributed by atoms with Crippen LogP contribution in [0.15, 0.2) is 0 Å². The highest BCUT2D eigenvalue weighted by atomic mass is 16.4. The molecule has 1 fully saturated rings. The molecule has 0 unspecified atom stereocenters. The van der Waals surface area contributed by atoms with Gasteiger partial charge in [0.15, 0.2) is 0 Å². The summed E-state index contributed by atoms with van der Waals surface area (Å²) in [5.74, 6) is -23.7. The smallest absolute Gasteiger partial charge is 0.326 e. The van der Waals surface area contributed by atoms with E-state index in [1.54, 1.807) is 13.8 Å². The molecule has 39 heteroatoms. The molecule has 0 aromatic rings. The predicted octanol–water partition coefficient (Wildman–Crippen LogP) is -12.1. The average molecular weight is 1260 g/mol. The molecule has 88 heavy (non-hydrogen) atoms. The van der Waals surface area contributed by atoms with Crippen molar-refractivity contribution in [2.24, 2.45) is 34.8 Å². The maximum Gasteiger partial charge on any atom is 0.326 e. The van der Waals surface area contributed by atoms with Crippen LogP contribution in [0.4, 0.5) is 0 Å². The fourth-order valence-electron chi connectivity index (χ4n) is 8.21. The maximum atomic E-state index is 14.1. The van der Waals surface area contributed by atoms with Gasteiger partial charge in [-0.3, -0.25) is 76.7 Å². The van der Waals surface area contributed by atoms with E-state index in [0.717, 1.165) is 4.90 Å². The summed E-state index contributed by atoms with van der Waals surface area (Å²) in [6.45, 7) is 1.36. The number of likely N-dealkylation sites (tertiary alicyclic amines) is 1. The lowest BCUT2D eigenvalue weighted by atomic mass is 9.97. The average Bonchev–Trinajstić information content (AvgIpc) is 2.86. The molecule has 494 valence electrons. The first kappa shape index (κ1) is 76.8. The van der Waals surface area contributed by atoms with Crippen molar-refractivity contribution < 1.29 is 117 Å². The van der Waals surface area contributed by atoms with E-state index in [4.69, 9.17) is 28.0 Å². The number of aliphatic hydroxyl groups excluding tert-OH is 4. The van der Waals surface area contributed by atoms with Gasteiger partial charge in [0.1, 0.15) is 72.5 Å².